The smallest absolute Gasteiger partial charge is 0.480 e. The maximum absolute atomic E-state index is 12.9. The van der Waals surface area contributed by atoms with E-state index in [2.05, 4.69) is 4.18 Å². The normalized spacial score (nSPS) is 22.3. The highest BCUT2D eigenvalue weighted by atomic mass is 32.2. The molecule has 15 heteroatoms. The molecule has 2 aliphatic rings. The molecule has 2 amide bonds. The molecule has 11 nitrogen and oxygen atoms in total. The van der Waals surface area contributed by atoms with Crippen LogP contribution in [0.3, 0.4) is 0 Å². The Morgan fingerprint density at radius 2 is 1.78 bits per heavy atom. The van der Waals surface area contributed by atoms with Gasteiger partial charge in [0.15, 0.2) is 0 Å². The molecular formula is C22H27F3N2O9S. The van der Waals surface area contributed by atoms with Crippen LogP contribution < -0.4 is 4.18 Å². The predicted octanol–water partition coefficient (Wildman–Crippen LogP) is 3.26. The number of hydrogen-bond donors (Lipinski definition) is 1. The minimum atomic E-state index is -5.93. The van der Waals surface area contributed by atoms with Gasteiger partial charge >= 0.3 is 33.8 Å². The second kappa shape index (κ2) is 9.58. The fraction of sp³-hybridized carbons (Fsp3) is 0.591. The van der Waals surface area contributed by atoms with Gasteiger partial charge in [-0.2, -0.15) is 21.6 Å². The average Bonchev–Trinajstić information content (AvgIpc) is 3.09. The van der Waals surface area contributed by atoms with Crippen LogP contribution in [0.1, 0.15) is 45.2 Å². The van der Waals surface area contributed by atoms with Crippen molar-refractivity contribution in [3.05, 3.63) is 29.3 Å². The number of benzene rings is 1. The Bertz CT molecular complexity index is 1200. The third-order valence-electron chi connectivity index (χ3n) is 5.92. The molecule has 0 aromatic heterocycles. The van der Waals surface area contributed by atoms with E-state index in [1.54, 1.807) is 26.8 Å². The van der Waals surface area contributed by atoms with E-state index in [4.69, 9.17) is 9.47 Å². The molecule has 0 saturated carbocycles. The molecule has 1 fully saturated rings. The van der Waals surface area contributed by atoms with E-state index in [-0.39, 0.29) is 38.0 Å². The van der Waals surface area contributed by atoms with E-state index in [1.165, 1.54) is 13.0 Å². The van der Waals surface area contributed by atoms with Gasteiger partial charge in [-0.15, -0.1) is 0 Å². The summed E-state index contributed by atoms with van der Waals surface area (Å²) in [5, 5.41) is 9.74. The summed E-state index contributed by atoms with van der Waals surface area (Å²) in [6.07, 6.45) is -2.87. The van der Waals surface area contributed by atoms with Crippen molar-refractivity contribution in [1.29, 1.82) is 0 Å². The first kappa shape index (κ1) is 28.3. The van der Waals surface area contributed by atoms with Crippen LogP contribution in [-0.4, -0.2) is 77.3 Å². The zero-order valence-corrected chi connectivity index (χ0v) is 21.3. The number of amides is 2. The summed E-state index contributed by atoms with van der Waals surface area (Å²) in [6, 6.07) is 3.95. The number of ether oxygens (including phenoxy) is 2. The first-order valence-corrected chi connectivity index (χ1v) is 12.6. The van der Waals surface area contributed by atoms with Crippen LogP contribution in [0.4, 0.5) is 22.8 Å². The van der Waals surface area contributed by atoms with Crippen LogP contribution in [0.2, 0.25) is 0 Å². The van der Waals surface area contributed by atoms with Crippen molar-refractivity contribution < 1.29 is 54.7 Å². The lowest BCUT2D eigenvalue weighted by Crippen LogP contribution is -2.52. The fourth-order valence-corrected chi connectivity index (χ4v) is 4.55. The van der Waals surface area contributed by atoms with Crippen LogP contribution in [-0.2, 0) is 37.4 Å². The van der Waals surface area contributed by atoms with Crippen molar-refractivity contribution in [3.8, 4) is 5.75 Å². The zero-order chi connectivity index (χ0) is 28.0. The first-order chi connectivity index (χ1) is 16.8. The number of nitrogens with zero attached hydrogens (tertiary/aromatic N) is 2. The molecular weight excluding hydrogens is 525 g/mol. The van der Waals surface area contributed by atoms with Crippen molar-refractivity contribution in [2.75, 3.05) is 13.1 Å². The lowest BCUT2D eigenvalue weighted by molar-refractivity contribution is -0.148. The Morgan fingerprint density at radius 1 is 1.14 bits per heavy atom. The number of hydrogen-bond acceptors (Lipinski definition) is 8. The fourth-order valence-electron chi connectivity index (χ4n) is 4.06. The van der Waals surface area contributed by atoms with Crippen molar-refractivity contribution >= 4 is 28.3 Å². The van der Waals surface area contributed by atoms with Crippen molar-refractivity contribution in [3.63, 3.8) is 0 Å². The zero-order valence-electron chi connectivity index (χ0n) is 20.5. The minimum absolute atomic E-state index is 0.0655. The highest BCUT2D eigenvalue weighted by Gasteiger charge is 2.53. The van der Waals surface area contributed by atoms with Crippen molar-refractivity contribution in [1.82, 2.24) is 9.80 Å². The number of halogens is 3. The largest absolute Gasteiger partial charge is 0.534 e. The lowest BCUT2D eigenvalue weighted by Gasteiger charge is -2.32. The second-order valence-electron chi connectivity index (χ2n) is 9.93. The SMILES string of the molecule is CC(C)(C)OC(=O)N1C[C@H](OC(=O)N2CCc3cccc(OS(=O)(=O)C(F)(F)F)c3C2)C[C@@]1(C)C(=O)O. The molecule has 0 bridgehead atoms. The van der Waals surface area contributed by atoms with Gasteiger partial charge in [-0.1, -0.05) is 12.1 Å². The summed E-state index contributed by atoms with van der Waals surface area (Å²) in [5.74, 6) is -1.89. The van der Waals surface area contributed by atoms with Crippen LogP contribution in [0, 0.1) is 0 Å². The average molecular weight is 553 g/mol. The molecule has 2 atom stereocenters. The lowest BCUT2D eigenvalue weighted by atomic mass is 9.98. The monoisotopic (exact) mass is 552 g/mol. The Balaban J connectivity index is 1.75. The molecule has 2 heterocycles. The van der Waals surface area contributed by atoms with Crippen LogP contribution in [0.25, 0.3) is 0 Å². The number of alkyl halides is 3. The Morgan fingerprint density at radius 3 is 2.35 bits per heavy atom. The van der Waals surface area contributed by atoms with Crippen molar-refractivity contribution in [2.24, 2.45) is 0 Å². The highest BCUT2D eigenvalue weighted by Crippen LogP contribution is 2.35. The quantitative estimate of drug-likeness (QED) is 0.440. The van der Waals surface area contributed by atoms with Gasteiger partial charge < -0.3 is 23.7 Å². The number of carbonyl (C=O) groups is 3. The first-order valence-electron chi connectivity index (χ1n) is 11.1. The van der Waals surface area contributed by atoms with Gasteiger partial charge in [-0.25, -0.2) is 14.4 Å². The predicted molar refractivity (Wildman–Crippen MR) is 120 cm³/mol. The number of likely N-dealkylation sites (tertiary alicyclic amines) is 1. The van der Waals surface area contributed by atoms with E-state index in [0.29, 0.717) is 5.56 Å². The molecule has 1 aromatic rings. The summed E-state index contributed by atoms with van der Waals surface area (Å²) in [5.41, 5.74) is -7.69. The number of carboxylic acid groups (broad SMARTS) is 1. The topological polar surface area (TPSA) is 140 Å². The van der Waals surface area contributed by atoms with Crippen molar-refractivity contribution in [2.45, 2.75) is 69.8 Å². The summed E-state index contributed by atoms with van der Waals surface area (Å²) in [7, 11) is -5.93. The Labute approximate surface area is 211 Å². The van der Waals surface area contributed by atoms with E-state index < -0.39 is 56.8 Å². The maximum atomic E-state index is 12.9. The summed E-state index contributed by atoms with van der Waals surface area (Å²) in [6.45, 7) is 5.67. The minimum Gasteiger partial charge on any atom is -0.480 e. The Kier molecular flexibility index (Phi) is 7.34. The maximum Gasteiger partial charge on any atom is 0.534 e. The molecule has 0 aliphatic carbocycles. The number of fused-ring (bicyclic) bond motifs is 1. The molecule has 1 saturated heterocycles. The third kappa shape index (κ3) is 6.02. The number of carboxylic acids is 1. The Hall–Kier alpha value is -3.23. The molecule has 1 aromatic carbocycles. The molecule has 3 rings (SSSR count). The summed E-state index contributed by atoms with van der Waals surface area (Å²) in [4.78, 5) is 39.6. The van der Waals surface area contributed by atoms with E-state index >= 15 is 0 Å². The number of rotatable bonds is 4. The van der Waals surface area contributed by atoms with E-state index in [9.17, 15) is 41.1 Å². The third-order valence-corrected chi connectivity index (χ3v) is 6.89. The van der Waals surface area contributed by atoms with Gasteiger partial charge in [0.1, 0.15) is 23.0 Å². The van der Waals surface area contributed by atoms with Crippen LogP contribution >= 0.6 is 0 Å². The molecule has 37 heavy (non-hydrogen) atoms. The highest BCUT2D eigenvalue weighted by molar-refractivity contribution is 7.88. The van der Waals surface area contributed by atoms with Gasteiger partial charge in [0.2, 0.25) is 0 Å². The summed E-state index contributed by atoms with van der Waals surface area (Å²) >= 11 is 0. The van der Waals surface area contributed by atoms with Gasteiger partial charge in [0.25, 0.3) is 0 Å². The molecule has 0 radical (unpaired) electrons. The standard InChI is InChI=1S/C22H27F3N2O9S/c1-20(2,3)35-19(31)27-11-14(10-21(27,4)17(28)29)34-18(30)26-9-8-13-6-5-7-16(15(13)12-26)36-37(32,33)22(23,24)25/h5-7,14H,8-12H2,1-4H3,(H,28,29)/t14-,21+/m1/s1. The van der Waals surface area contributed by atoms with Gasteiger partial charge in [0.05, 0.1) is 13.1 Å². The molecule has 0 spiro atoms. The molecule has 2 aliphatic heterocycles. The van der Waals surface area contributed by atoms with E-state index in [1.807, 2.05) is 0 Å². The second-order valence-corrected chi connectivity index (χ2v) is 11.5. The van der Waals surface area contributed by atoms with Gasteiger partial charge in [-0.05, 0) is 45.7 Å². The molecule has 206 valence electrons. The number of carbonyl (C=O) groups excluding carboxylic acids is 2. The van der Waals surface area contributed by atoms with E-state index in [0.717, 1.165) is 15.9 Å². The van der Waals surface area contributed by atoms with Crippen LogP contribution in [0.15, 0.2) is 18.2 Å². The molecule has 1 N–H and O–H groups in total. The van der Waals surface area contributed by atoms with Crippen LogP contribution in [0.5, 0.6) is 5.75 Å². The molecule has 0 unspecified atom stereocenters. The number of aliphatic carboxylic acids is 1. The van der Waals surface area contributed by atoms with Gasteiger partial charge in [0, 0.05) is 18.5 Å². The summed E-state index contributed by atoms with van der Waals surface area (Å²) < 4.78 is 76.5. The van der Waals surface area contributed by atoms with Gasteiger partial charge in [-0.3, -0.25) is 4.90 Å².